The van der Waals surface area contributed by atoms with E-state index in [4.69, 9.17) is 16.3 Å². The molecule has 4 aromatic heterocycles. The van der Waals surface area contributed by atoms with E-state index in [-0.39, 0.29) is 0 Å². The van der Waals surface area contributed by atoms with Gasteiger partial charge >= 0.3 is 0 Å². The van der Waals surface area contributed by atoms with Crippen LogP contribution >= 0.6 is 56.9 Å². The molecule has 0 amide bonds. The third-order valence-corrected chi connectivity index (χ3v) is 14.9. The number of nitrogens with zero attached hydrogens (tertiary/aromatic N) is 2. The third kappa shape index (κ3) is 9.49. The van der Waals surface area contributed by atoms with Gasteiger partial charge in [0, 0.05) is 68.5 Å². The molecule has 4 heterocycles. The molecule has 0 aliphatic carbocycles. The standard InChI is InChI=1S/C28H19NOS2.C20H14ClNS.C8H6OS/c1-2-10-21(11-3-1)29(28-17-20-9-4-6-15-26(20)32-28)22-12-8-13-23(18-22)30-25-19-31-27-16-7-5-14-24(25)27;21-16-8-6-11-18(14-16)22(17-9-2-1-3-10-17)20-13-15-7-4-5-12-19(15)23-20;9-7-5-10-8-4-2-1-3-6(7)8/h1-19H;1-14H;1-5,9H. The van der Waals surface area contributed by atoms with Gasteiger partial charge in [0.1, 0.15) is 27.3 Å². The van der Waals surface area contributed by atoms with E-state index in [9.17, 15) is 5.11 Å². The first kappa shape index (κ1) is 42.1. The molecule has 9 heteroatoms. The molecule has 0 aliphatic rings. The summed E-state index contributed by atoms with van der Waals surface area (Å²) >= 11 is 13.1. The van der Waals surface area contributed by atoms with E-state index >= 15 is 0 Å². The summed E-state index contributed by atoms with van der Waals surface area (Å²) in [6, 6.07) is 74.8. The lowest BCUT2D eigenvalue weighted by Gasteiger charge is -2.24. The number of hydrogen-bond donors (Lipinski definition) is 1. The Balaban J connectivity index is 0.000000131. The van der Waals surface area contributed by atoms with Crippen LogP contribution in [-0.4, -0.2) is 5.11 Å². The average Bonchev–Trinajstić information content (AvgIpc) is 4.16. The molecule has 12 aromatic rings. The number of hydrogen-bond acceptors (Lipinski definition) is 8. The van der Waals surface area contributed by atoms with E-state index in [1.807, 2.05) is 60.7 Å². The minimum absolute atomic E-state index is 0.389. The molecule has 316 valence electrons. The lowest BCUT2D eigenvalue weighted by molar-refractivity contribution is 0.483. The van der Waals surface area contributed by atoms with E-state index in [1.165, 1.54) is 34.9 Å². The van der Waals surface area contributed by atoms with Gasteiger partial charge in [0.15, 0.2) is 0 Å². The number of anilines is 6. The highest BCUT2D eigenvalue weighted by Crippen LogP contribution is 2.44. The highest BCUT2D eigenvalue weighted by molar-refractivity contribution is 7.23. The van der Waals surface area contributed by atoms with Crippen LogP contribution in [0.5, 0.6) is 17.2 Å². The molecule has 0 spiro atoms. The van der Waals surface area contributed by atoms with Crippen LogP contribution in [0.3, 0.4) is 0 Å². The summed E-state index contributed by atoms with van der Waals surface area (Å²) in [4.78, 5) is 4.54. The first-order valence-corrected chi connectivity index (χ1v) is 24.6. The van der Waals surface area contributed by atoms with Gasteiger partial charge in [-0.15, -0.1) is 45.3 Å². The third-order valence-electron chi connectivity index (χ3n) is 10.6. The van der Waals surface area contributed by atoms with Crippen molar-refractivity contribution in [1.29, 1.82) is 0 Å². The van der Waals surface area contributed by atoms with Crippen LogP contribution in [0.2, 0.25) is 5.02 Å². The maximum absolute atomic E-state index is 9.22. The van der Waals surface area contributed by atoms with Gasteiger partial charge < -0.3 is 19.6 Å². The quantitative estimate of drug-likeness (QED) is 0.165. The Morgan fingerprint density at radius 2 is 0.862 bits per heavy atom. The molecule has 1 N–H and O–H groups in total. The van der Waals surface area contributed by atoms with Crippen LogP contribution < -0.4 is 14.5 Å². The molecule has 0 atom stereocenters. The van der Waals surface area contributed by atoms with Gasteiger partial charge in [-0.3, -0.25) is 0 Å². The molecule has 0 aliphatic heterocycles. The zero-order valence-corrected chi connectivity index (χ0v) is 38.7. The van der Waals surface area contributed by atoms with Gasteiger partial charge in [-0.1, -0.05) is 121 Å². The number of para-hydroxylation sites is 2. The van der Waals surface area contributed by atoms with Gasteiger partial charge in [0.05, 0.1) is 5.69 Å². The summed E-state index contributed by atoms with van der Waals surface area (Å²) in [7, 11) is 0. The maximum Gasteiger partial charge on any atom is 0.145 e. The molecule has 65 heavy (non-hydrogen) atoms. The van der Waals surface area contributed by atoms with Crippen LogP contribution in [0, 0.1) is 0 Å². The fourth-order valence-corrected chi connectivity index (χ4v) is 11.6. The van der Waals surface area contributed by atoms with Crippen LogP contribution in [0.25, 0.3) is 40.3 Å². The molecule has 12 rings (SSSR count). The predicted molar refractivity (Wildman–Crippen MR) is 283 cm³/mol. The number of halogens is 1. The average molecular weight is 936 g/mol. The Morgan fingerprint density at radius 3 is 1.43 bits per heavy atom. The van der Waals surface area contributed by atoms with Crippen molar-refractivity contribution in [3.63, 3.8) is 0 Å². The number of benzene rings is 8. The molecule has 0 unspecified atom stereocenters. The van der Waals surface area contributed by atoms with E-state index in [0.29, 0.717) is 5.75 Å². The van der Waals surface area contributed by atoms with E-state index in [1.54, 1.807) is 50.7 Å². The fraction of sp³-hybridized carbons (Fsp3) is 0. The normalized spacial score (nSPS) is 10.9. The monoisotopic (exact) mass is 934 g/mol. The van der Waals surface area contributed by atoms with Gasteiger partial charge in [-0.05, 0) is 114 Å². The number of aromatic hydroxyl groups is 1. The van der Waals surface area contributed by atoms with Crippen molar-refractivity contribution in [2.75, 3.05) is 9.80 Å². The number of thiophene rings is 4. The number of ether oxygens (including phenoxy) is 1. The van der Waals surface area contributed by atoms with Crippen LogP contribution in [-0.2, 0) is 0 Å². The van der Waals surface area contributed by atoms with E-state index in [0.717, 1.165) is 54.7 Å². The Hall–Kier alpha value is -6.91. The highest BCUT2D eigenvalue weighted by Gasteiger charge is 2.18. The second kappa shape index (κ2) is 19.5. The molecule has 0 bridgehead atoms. The number of rotatable bonds is 8. The first-order chi connectivity index (χ1) is 32.0. The molecule has 8 aromatic carbocycles. The minimum Gasteiger partial charge on any atom is -0.506 e. The van der Waals surface area contributed by atoms with Gasteiger partial charge in [0.2, 0.25) is 0 Å². The van der Waals surface area contributed by atoms with E-state index < -0.39 is 0 Å². The minimum atomic E-state index is 0.389. The van der Waals surface area contributed by atoms with Gasteiger partial charge in [-0.25, -0.2) is 0 Å². The lowest BCUT2D eigenvalue weighted by atomic mass is 10.2. The molecule has 0 saturated heterocycles. The second-order valence-electron chi connectivity index (χ2n) is 14.9. The summed E-state index contributed by atoms with van der Waals surface area (Å²) < 4.78 is 11.3. The summed E-state index contributed by atoms with van der Waals surface area (Å²) in [6.07, 6.45) is 0. The largest absolute Gasteiger partial charge is 0.506 e. The maximum atomic E-state index is 9.22. The topological polar surface area (TPSA) is 35.9 Å². The summed E-state index contributed by atoms with van der Waals surface area (Å²) in [5.41, 5.74) is 4.38. The molecule has 0 saturated carbocycles. The van der Waals surface area contributed by atoms with Crippen molar-refractivity contribution < 1.29 is 9.84 Å². The predicted octanol–water partition coefficient (Wildman–Crippen LogP) is 19.0. The van der Waals surface area contributed by atoms with Gasteiger partial charge in [-0.2, -0.15) is 0 Å². The van der Waals surface area contributed by atoms with Crippen molar-refractivity contribution >= 4 is 130 Å². The fourth-order valence-electron chi connectivity index (χ4n) is 7.54. The zero-order chi connectivity index (χ0) is 44.0. The van der Waals surface area contributed by atoms with Crippen LogP contribution in [0.4, 0.5) is 32.8 Å². The smallest absolute Gasteiger partial charge is 0.145 e. The van der Waals surface area contributed by atoms with E-state index in [2.05, 4.69) is 173 Å². The van der Waals surface area contributed by atoms with Crippen molar-refractivity contribution in [2.45, 2.75) is 0 Å². The molecular formula is C56H39ClN2O2S4. The van der Waals surface area contributed by atoms with Crippen molar-refractivity contribution in [2.24, 2.45) is 0 Å². The Kier molecular flexibility index (Phi) is 12.6. The summed E-state index contributed by atoms with van der Waals surface area (Å²) in [5, 5.41) is 20.8. The zero-order valence-electron chi connectivity index (χ0n) is 34.7. The molecule has 0 radical (unpaired) electrons. The first-order valence-electron chi connectivity index (χ1n) is 20.9. The Morgan fingerprint density at radius 1 is 0.400 bits per heavy atom. The summed E-state index contributed by atoms with van der Waals surface area (Å²) in [6.45, 7) is 0. The van der Waals surface area contributed by atoms with Crippen LogP contribution in [0.15, 0.2) is 229 Å². The Bertz CT molecular complexity index is 3420. The molecule has 4 nitrogen and oxygen atoms in total. The van der Waals surface area contributed by atoms with Crippen LogP contribution in [0.1, 0.15) is 0 Å². The SMILES string of the molecule is Clc1cccc(N(c2ccccc2)c2cc3ccccc3s2)c1.Oc1csc2ccccc12.c1ccc(N(c2cccc(Oc3csc4ccccc34)c2)c2cc3ccccc3s2)cc1. The van der Waals surface area contributed by atoms with Gasteiger partial charge in [0.25, 0.3) is 0 Å². The van der Waals surface area contributed by atoms with Crippen molar-refractivity contribution in [3.8, 4) is 17.2 Å². The number of fused-ring (bicyclic) bond motifs is 4. The van der Waals surface area contributed by atoms with Crippen molar-refractivity contribution in [1.82, 2.24) is 0 Å². The molecular weight excluding hydrogens is 896 g/mol. The second-order valence-corrected chi connectivity index (χ2v) is 19.3. The summed E-state index contributed by atoms with van der Waals surface area (Å²) in [5.74, 6) is 2.12. The van der Waals surface area contributed by atoms with Crippen molar-refractivity contribution in [3.05, 3.63) is 234 Å². The highest BCUT2D eigenvalue weighted by atomic mass is 35.5. The Labute approximate surface area is 398 Å². The molecule has 0 fully saturated rings. The lowest BCUT2D eigenvalue weighted by Crippen LogP contribution is -2.08.